The van der Waals surface area contributed by atoms with Gasteiger partial charge in [-0.15, -0.1) is 0 Å². The molecule has 0 spiro atoms. The van der Waals surface area contributed by atoms with Crippen molar-refractivity contribution in [3.8, 4) is 0 Å². The molecule has 1 aliphatic carbocycles. The summed E-state index contributed by atoms with van der Waals surface area (Å²) in [5, 5.41) is 7.41. The smallest absolute Gasteiger partial charge is 0.317 e. The van der Waals surface area contributed by atoms with Gasteiger partial charge < -0.3 is 10.2 Å². The molecule has 23 heavy (non-hydrogen) atoms. The van der Waals surface area contributed by atoms with Crippen molar-refractivity contribution in [2.24, 2.45) is 0 Å². The molecule has 2 aliphatic rings. The minimum atomic E-state index is 0.0590. The van der Waals surface area contributed by atoms with E-state index >= 15 is 0 Å². The van der Waals surface area contributed by atoms with Crippen molar-refractivity contribution in [1.29, 1.82) is 0 Å². The number of hydrogen-bond acceptors (Lipinski definition) is 3. The fraction of sp³-hybridized carbons (Fsp3) is 0.471. The van der Waals surface area contributed by atoms with Crippen LogP contribution in [-0.2, 0) is 6.42 Å². The topological polar surface area (TPSA) is 63.1 Å². The third-order valence-corrected chi connectivity index (χ3v) is 4.99. The number of benzene rings is 1. The van der Waals surface area contributed by atoms with Crippen molar-refractivity contribution in [3.63, 3.8) is 0 Å². The normalized spacial score (nSPS) is 21.2. The van der Waals surface area contributed by atoms with Gasteiger partial charge in [0.2, 0.25) is 0 Å². The number of fused-ring (bicyclic) bond motifs is 1. The molecule has 2 aromatic rings. The van der Waals surface area contributed by atoms with Gasteiger partial charge in [-0.05, 0) is 36.8 Å². The molecule has 2 amide bonds. The Hall–Kier alpha value is -2.37. The molecule has 0 bridgehead atoms. The lowest BCUT2D eigenvalue weighted by Gasteiger charge is -2.32. The van der Waals surface area contributed by atoms with Gasteiger partial charge in [-0.25, -0.2) is 14.5 Å². The van der Waals surface area contributed by atoms with Crippen LogP contribution >= 0.6 is 0 Å². The Balaban J connectivity index is 1.34. The highest BCUT2D eigenvalue weighted by atomic mass is 16.2. The standard InChI is InChI=1S/C17H21N5O/c23-17(20-16-6-5-13-3-1-2-4-15(13)16)21-9-7-14(8-10-21)22-12-18-11-19-22/h1-4,11-12,14,16H,5-10H2,(H,20,23). The molecule has 1 aliphatic heterocycles. The number of amides is 2. The number of urea groups is 1. The first-order chi connectivity index (χ1) is 11.3. The number of hydrogen-bond donors (Lipinski definition) is 1. The van der Waals surface area contributed by atoms with Crippen molar-refractivity contribution in [3.05, 3.63) is 48.0 Å². The first kappa shape index (κ1) is 14.2. The molecule has 0 saturated carbocycles. The maximum Gasteiger partial charge on any atom is 0.317 e. The first-order valence-corrected chi connectivity index (χ1v) is 8.28. The molecule has 6 nitrogen and oxygen atoms in total. The van der Waals surface area contributed by atoms with Crippen molar-refractivity contribution in [2.45, 2.75) is 37.8 Å². The van der Waals surface area contributed by atoms with Gasteiger partial charge in [0, 0.05) is 13.1 Å². The minimum absolute atomic E-state index is 0.0590. The summed E-state index contributed by atoms with van der Waals surface area (Å²) >= 11 is 0. The van der Waals surface area contributed by atoms with Crippen LogP contribution in [0.25, 0.3) is 0 Å². The highest BCUT2D eigenvalue weighted by Gasteiger charge is 2.28. The van der Waals surface area contributed by atoms with Gasteiger partial charge in [0.15, 0.2) is 0 Å². The Labute approximate surface area is 135 Å². The van der Waals surface area contributed by atoms with E-state index in [1.807, 2.05) is 15.6 Å². The predicted octanol–water partition coefficient (Wildman–Crippen LogP) is 2.31. The van der Waals surface area contributed by atoms with Gasteiger partial charge in [-0.1, -0.05) is 24.3 Å². The third-order valence-electron chi connectivity index (χ3n) is 4.99. The van der Waals surface area contributed by atoms with Crippen LogP contribution in [0.2, 0.25) is 0 Å². The van der Waals surface area contributed by atoms with E-state index in [4.69, 9.17) is 0 Å². The first-order valence-electron chi connectivity index (χ1n) is 8.28. The quantitative estimate of drug-likeness (QED) is 0.925. The molecular formula is C17H21N5O. The molecule has 1 fully saturated rings. The van der Waals surface area contributed by atoms with E-state index in [1.165, 1.54) is 11.1 Å². The second-order valence-corrected chi connectivity index (χ2v) is 6.33. The Morgan fingerprint density at radius 3 is 2.78 bits per heavy atom. The minimum Gasteiger partial charge on any atom is -0.331 e. The summed E-state index contributed by atoms with van der Waals surface area (Å²) in [7, 11) is 0. The Kier molecular flexibility index (Phi) is 3.73. The summed E-state index contributed by atoms with van der Waals surface area (Å²) in [6, 6.07) is 8.98. The van der Waals surface area contributed by atoms with Crippen LogP contribution in [0.3, 0.4) is 0 Å². The highest BCUT2D eigenvalue weighted by Crippen LogP contribution is 2.31. The summed E-state index contributed by atoms with van der Waals surface area (Å²) < 4.78 is 1.91. The van der Waals surface area contributed by atoms with Gasteiger partial charge >= 0.3 is 6.03 Å². The fourth-order valence-corrected chi connectivity index (χ4v) is 3.69. The fourth-order valence-electron chi connectivity index (χ4n) is 3.69. The van der Waals surface area contributed by atoms with E-state index in [0.717, 1.165) is 38.8 Å². The van der Waals surface area contributed by atoms with Gasteiger partial charge in [0.25, 0.3) is 0 Å². The number of likely N-dealkylation sites (tertiary alicyclic amines) is 1. The molecule has 1 aromatic heterocycles. The number of rotatable bonds is 2. The maximum atomic E-state index is 12.5. The van der Waals surface area contributed by atoms with E-state index in [0.29, 0.717) is 6.04 Å². The van der Waals surface area contributed by atoms with Gasteiger partial charge in [-0.2, -0.15) is 5.10 Å². The monoisotopic (exact) mass is 311 g/mol. The lowest BCUT2D eigenvalue weighted by Crippen LogP contribution is -2.45. The average molecular weight is 311 g/mol. The van der Waals surface area contributed by atoms with Crippen LogP contribution in [0.15, 0.2) is 36.9 Å². The molecule has 6 heteroatoms. The van der Waals surface area contributed by atoms with Crippen LogP contribution in [-0.4, -0.2) is 38.8 Å². The van der Waals surface area contributed by atoms with Crippen LogP contribution in [0.4, 0.5) is 4.79 Å². The van der Waals surface area contributed by atoms with Gasteiger partial charge in [0.1, 0.15) is 12.7 Å². The summed E-state index contributed by atoms with van der Waals surface area (Å²) in [4.78, 5) is 18.5. The number of nitrogens with one attached hydrogen (secondary N) is 1. The maximum absolute atomic E-state index is 12.5. The largest absolute Gasteiger partial charge is 0.331 e. The Bertz CT molecular complexity index is 676. The zero-order valence-corrected chi connectivity index (χ0v) is 13.1. The van der Waals surface area contributed by atoms with Crippen LogP contribution < -0.4 is 5.32 Å². The molecule has 1 aromatic carbocycles. The van der Waals surface area contributed by atoms with E-state index in [-0.39, 0.29) is 12.1 Å². The van der Waals surface area contributed by atoms with E-state index < -0.39 is 0 Å². The number of carbonyl (C=O) groups excluding carboxylic acids is 1. The number of carbonyl (C=O) groups is 1. The average Bonchev–Trinajstić information content (AvgIpc) is 3.25. The van der Waals surface area contributed by atoms with Crippen LogP contribution in [0.5, 0.6) is 0 Å². The molecule has 1 atom stereocenters. The second-order valence-electron chi connectivity index (χ2n) is 6.33. The second kappa shape index (κ2) is 6.02. The van der Waals surface area contributed by atoms with Crippen molar-refractivity contribution < 1.29 is 4.79 Å². The number of nitrogens with zero attached hydrogens (tertiary/aromatic N) is 4. The highest BCUT2D eigenvalue weighted by molar-refractivity contribution is 5.75. The van der Waals surface area contributed by atoms with E-state index in [2.05, 4.69) is 33.6 Å². The number of piperidine rings is 1. The van der Waals surface area contributed by atoms with Crippen molar-refractivity contribution >= 4 is 6.03 Å². The van der Waals surface area contributed by atoms with Crippen molar-refractivity contribution in [2.75, 3.05) is 13.1 Å². The SMILES string of the molecule is O=C(NC1CCc2ccccc21)N1CCC(n2cncn2)CC1. The van der Waals surface area contributed by atoms with Crippen molar-refractivity contribution in [1.82, 2.24) is 25.0 Å². The summed E-state index contributed by atoms with van der Waals surface area (Å²) in [6.07, 6.45) is 7.23. The predicted molar refractivity (Wildman–Crippen MR) is 85.9 cm³/mol. The lowest BCUT2D eigenvalue weighted by molar-refractivity contribution is 0.165. The zero-order chi connectivity index (χ0) is 15.6. The summed E-state index contributed by atoms with van der Waals surface area (Å²) in [5.74, 6) is 0. The number of aromatic nitrogens is 3. The molecular weight excluding hydrogens is 290 g/mol. The molecule has 2 heterocycles. The zero-order valence-electron chi connectivity index (χ0n) is 13.1. The molecule has 1 saturated heterocycles. The van der Waals surface area contributed by atoms with E-state index in [1.54, 1.807) is 12.7 Å². The lowest BCUT2D eigenvalue weighted by atomic mass is 10.1. The third kappa shape index (κ3) is 2.81. The molecule has 1 unspecified atom stereocenters. The van der Waals surface area contributed by atoms with Gasteiger partial charge in [0.05, 0.1) is 12.1 Å². The van der Waals surface area contributed by atoms with Gasteiger partial charge in [-0.3, -0.25) is 0 Å². The van der Waals surface area contributed by atoms with Crippen LogP contribution in [0, 0.1) is 0 Å². The molecule has 4 rings (SSSR count). The Morgan fingerprint density at radius 2 is 2.00 bits per heavy atom. The number of aryl methyl sites for hydroxylation is 1. The molecule has 120 valence electrons. The summed E-state index contributed by atoms with van der Waals surface area (Å²) in [5.41, 5.74) is 2.64. The van der Waals surface area contributed by atoms with E-state index in [9.17, 15) is 4.79 Å². The summed E-state index contributed by atoms with van der Waals surface area (Å²) in [6.45, 7) is 1.54. The molecule has 0 radical (unpaired) electrons. The Morgan fingerprint density at radius 1 is 1.17 bits per heavy atom. The van der Waals surface area contributed by atoms with Crippen LogP contribution in [0.1, 0.15) is 42.5 Å². The molecule has 1 N–H and O–H groups in total.